The summed E-state index contributed by atoms with van der Waals surface area (Å²) >= 11 is 0. The molecule has 1 aliphatic carbocycles. The fraction of sp³-hybridized carbons (Fsp3) is 0.310. The van der Waals surface area contributed by atoms with E-state index in [-0.39, 0.29) is 24.5 Å². The van der Waals surface area contributed by atoms with Crippen LogP contribution in [0.5, 0.6) is 5.75 Å². The third-order valence-electron chi connectivity index (χ3n) is 5.91. The van der Waals surface area contributed by atoms with E-state index in [0.29, 0.717) is 0 Å². The van der Waals surface area contributed by atoms with E-state index in [1.165, 1.54) is 7.11 Å². The first kappa shape index (κ1) is 24.3. The lowest BCUT2D eigenvalue weighted by Crippen LogP contribution is -2.43. The molecule has 0 radical (unpaired) electrons. The number of alkyl carbamates (subject to hydrolysis) is 1. The van der Waals surface area contributed by atoms with Gasteiger partial charge in [-0.25, -0.2) is 9.59 Å². The largest absolute Gasteiger partial charge is 0.488 e. The van der Waals surface area contributed by atoms with Crippen molar-refractivity contribution in [3.05, 3.63) is 89.5 Å². The Morgan fingerprint density at radius 2 is 1.46 bits per heavy atom. The molecule has 1 amide bonds. The van der Waals surface area contributed by atoms with Crippen LogP contribution in [0.2, 0.25) is 0 Å². The first-order chi connectivity index (χ1) is 16.7. The second-order valence-electron chi connectivity index (χ2n) is 9.61. The Bertz CT molecular complexity index is 1150. The summed E-state index contributed by atoms with van der Waals surface area (Å²) in [6, 6.07) is 22.9. The van der Waals surface area contributed by atoms with Gasteiger partial charge in [-0.3, -0.25) is 0 Å². The van der Waals surface area contributed by atoms with Crippen molar-refractivity contribution in [3.8, 4) is 16.9 Å². The van der Waals surface area contributed by atoms with Gasteiger partial charge in [-0.15, -0.1) is 0 Å². The summed E-state index contributed by atoms with van der Waals surface area (Å²) < 4.78 is 16.4. The summed E-state index contributed by atoms with van der Waals surface area (Å²) in [4.78, 5) is 25.1. The molecule has 0 saturated carbocycles. The summed E-state index contributed by atoms with van der Waals surface area (Å²) in [5, 5.41) is 2.67. The van der Waals surface area contributed by atoms with Crippen LogP contribution in [-0.2, 0) is 20.7 Å². The minimum absolute atomic E-state index is 0.0555. The van der Waals surface area contributed by atoms with E-state index in [9.17, 15) is 9.59 Å². The Hall–Kier alpha value is -3.80. The molecule has 182 valence electrons. The average Bonchev–Trinajstić information content (AvgIpc) is 3.16. The number of amides is 1. The molecule has 6 nitrogen and oxygen atoms in total. The van der Waals surface area contributed by atoms with Crippen LogP contribution in [0.4, 0.5) is 4.79 Å². The zero-order chi connectivity index (χ0) is 25.0. The van der Waals surface area contributed by atoms with Crippen molar-refractivity contribution in [1.29, 1.82) is 0 Å². The van der Waals surface area contributed by atoms with Crippen LogP contribution < -0.4 is 10.1 Å². The molecule has 1 N–H and O–H groups in total. The fourth-order valence-electron chi connectivity index (χ4n) is 4.40. The Morgan fingerprint density at radius 3 is 2.00 bits per heavy atom. The van der Waals surface area contributed by atoms with Crippen LogP contribution in [0.25, 0.3) is 11.1 Å². The van der Waals surface area contributed by atoms with Gasteiger partial charge in [0.25, 0.3) is 0 Å². The zero-order valence-corrected chi connectivity index (χ0v) is 20.5. The van der Waals surface area contributed by atoms with Crippen molar-refractivity contribution >= 4 is 12.1 Å². The highest BCUT2D eigenvalue weighted by molar-refractivity contribution is 5.82. The van der Waals surface area contributed by atoms with Crippen LogP contribution >= 0.6 is 0 Å². The Labute approximate surface area is 206 Å². The summed E-state index contributed by atoms with van der Waals surface area (Å²) in [5.74, 6) is 0.147. The zero-order valence-electron chi connectivity index (χ0n) is 20.5. The maximum absolute atomic E-state index is 12.7. The molecular formula is C29H31NO5. The molecule has 0 aliphatic heterocycles. The van der Waals surface area contributed by atoms with Gasteiger partial charge < -0.3 is 19.5 Å². The molecule has 0 fully saturated rings. The molecule has 3 aromatic carbocycles. The van der Waals surface area contributed by atoms with Gasteiger partial charge in [-0.05, 0) is 60.7 Å². The highest BCUT2D eigenvalue weighted by Crippen LogP contribution is 2.44. The summed E-state index contributed by atoms with van der Waals surface area (Å²) in [6.45, 7) is 6.11. The van der Waals surface area contributed by atoms with Crippen molar-refractivity contribution in [1.82, 2.24) is 5.32 Å². The number of ether oxygens (including phenoxy) is 3. The van der Waals surface area contributed by atoms with Crippen molar-refractivity contribution in [2.45, 2.75) is 44.8 Å². The van der Waals surface area contributed by atoms with Crippen molar-refractivity contribution in [3.63, 3.8) is 0 Å². The third kappa shape index (κ3) is 5.83. The molecule has 1 aliphatic rings. The monoisotopic (exact) mass is 473 g/mol. The van der Waals surface area contributed by atoms with Gasteiger partial charge in [-0.1, -0.05) is 60.7 Å². The number of methoxy groups -OCH3 is 1. The quantitative estimate of drug-likeness (QED) is 0.460. The average molecular weight is 474 g/mol. The number of nitrogens with one attached hydrogen (secondary N) is 1. The number of esters is 1. The Kier molecular flexibility index (Phi) is 7.10. The lowest BCUT2D eigenvalue weighted by atomic mass is 9.98. The highest BCUT2D eigenvalue weighted by Gasteiger charge is 2.30. The number of hydrogen-bond acceptors (Lipinski definition) is 5. The summed E-state index contributed by atoms with van der Waals surface area (Å²) in [7, 11) is 1.30. The maximum Gasteiger partial charge on any atom is 0.407 e. The normalized spacial score (nSPS) is 13.4. The molecule has 0 bridgehead atoms. The summed E-state index contributed by atoms with van der Waals surface area (Å²) in [5.41, 5.74) is 5.13. The second kappa shape index (κ2) is 10.2. The molecule has 0 unspecified atom stereocenters. The minimum Gasteiger partial charge on any atom is -0.488 e. The van der Waals surface area contributed by atoms with Crippen LogP contribution in [0.3, 0.4) is 0 Å². The maximum atomic E-state index is 12.7. The number of carbonyl (C=O) groups is 2. The van der Waals surface area contributed by atoms with Crippen molar-refractivity contribution in [2.24, 2.45) is 0 Å². The molecular weight excluding hydrogens is 442 g/mol. The SMILES string of the molecule is COC(=O)[C@@H](Cc1ccc(OC(C)(C)C)cc1)NC(=O)OCC1c2ccccc2-c2ccccc21. The number of fused-ring (bicyclic) bond motifs is 3. The Balaban J connectivity index is 1.40. The van der Waals surface area contributed by atoms with E-state index in [2.05, 4.69) is 29.6 Å². The predicted octanol–water partition coefficient (Wildman–Crippen LogP) is 5.49. The first-order valence-electron chi connectivity index (χ1n) is 11.7. The van der Waals surface area contributed by atoms with Crippen LogP contribution in [-0.4, -0.2) is 37.4 Å². The summed E-state index contributed by atoms with van der Waals surface area (Å²) in [6.07, 6.45) is -0.387. The molecule has 35 heavy (non-hydrogen) atoms. The van der Waals surface area contributed by atoms with E-state index in [1.807, 2.05) is 69.3 Å². The molecule has 3 aromatic rings. The number of hydrogen-bond donors (Lipinski definition) is 1. The van der Waals surface area contributed by atoms with Gasteiger partial charge in [-0.2, -0.15) is 0 Å². The number of benzene rings is 3. The Morgan fingerprint density at radius 1 is 0.886 bits per heavy atom. The van der Waals surface area contributed by atoms with E-state index < -0.39 is 18.1 Å². The fourth-order valence-corrected chi connectivity index (χ4v) is 4.40. The lowest BCUT2D eigenvalue weighted by molar-refractivity contribution is -0.143. The van der Waals surface area contributed by atoms with Gasteiger partial charge in [0.1, 0.15) is 24.0 Å². The lowest BCUT2D eigenvalue weighted by Gasteiger charge is -2.21. The van der Waals surface area contributed by atoms with Gasteiger partial charge >= 0.3 is 12.1 Å². The van der Waals surface area contributed by atoms with Crippen LogP contribution in [0.1, 0.15) is 43.4 Å². The molecule has 6 heteroatoms. The topological polar surface area (TPSA) is 73.9 Å². The highest BCUT2D eigenvalue weighted by atomic mass is 16.6. The minimum atomic E-state index is -0.870. The van der Waals surface area contributed by atoms with Crippen LogP contribution in [0, 0.1) is 0 Å². The van der Waals surface area contributed by atoms with E-state index in [1.54, 1.807) is 0 Å². The molecule has 4 rings (SSSR count). The van der Waals surface area contributed by atoms with Crippen LogP contribution in [0.15, 0.2) is 72.8 Å². The smallest absolute Gasteiger partial charge is 0.407 e. The van der Waals surface area contributed by atoms with E-state index >= 15 is 0 Å². The molecule has 1 atom stereocenters. The number of carbonyl (C=O) groups excluding carboxylic acids is 2. The predicted molar refractivity (Wildman–Crippen MR) is 135 cm³/mol. The van der Waals surface area contributed by atoms with Gasteiger partial charge in [0.15, 0.2) is 0 Å². The van der Waals surface area contributed by atoms with E-state index in [4.69, 9.17) is 14.2 Å². The van der Waals surface area contributed by atoms with Gasteiger partial charge in [0, 0.05) is 12.3 Å². The standard InChI is InChI=1S/C29H31NO5/c1-29(2,3)35-20-15-13-19(14-16-20)17-26(27(31)33-4)30-28(32)34-18-25-23-11-7-5-9-21(23)22-10-6-8-12-24(22)25/h5-16,25-26H,17-18H2,1-4H3,(H,30,32)/t26-/m1/s1. The number of rotatable bonds is 7. The third-order valence-corrected chi connectivity index (χ3v) is 5.91. The van der Waals surface area contributed by atoms with E-state index in [0.717, 1.165) is 33.6 Å². The molecule has 0 saturated heterocycles. The van der Waals surface area contributed by atoms with Gasteiger partial charge in [0.05, 0.1) is 7.11 Å². The molecule has 0 aromatic heterocycles. The molecule has 0 heterocycles. The first-order valence-corrected chi connectivity index (χ1v) is 11.7. The molecule has 0 spiro atoms. The second-order valence-corrected chi connectivity index (χ2v) is 9.61. The van der Waals surface area contributed by atoms with Crippen molar-refractivity contribution < 1.29 is 23.8 Å². The van der Waals surface area contributed by atoms with Crippen molar-refractivity contribution in [2.75, 3.05) is 13.7 Å². The van der Waals surface area contributed by atoms with Gasteiger partial charge in [0.2, 0.25) is 0 Å².